The van der Waals surface area contributed by atoms with Crippen molar-refractivity contribution in [2.24, 2.45) is 0 Å². The maximum atomic E-state index is 10.5. The van der Waals surface area contributed by atoms with Crippen molar-refractivity contribution in [2.75, 3.05) is 0 Å². The van der Waals surface area contributed by atoms with Gasteiger partial charge in [-0.1, -0.05) is 6.07 Å². The van der Waals surface area contributed by atoms with E-state index >= 15 is 0 Å². The van der Waals surface area contributed by atoms with Crippen molar-refractivity contribution >= 4 is 5.97 Å². The van der Waals surface area contributed by atoms with E-state index in [-0.39, 0.29) is 0 Å². The molecule has 0 aliphatic carbocycles. The molecule has 76 valence electrons. The summed E-state index contributed by atoms with van der Waals surface area (Å²) in [5, 5.41) is 8.64. The van der Waals surface area contributed by atoms with E-state index in [1.54, 1.807) is 6.07 Å². The predicted octanol–water partition coefficient (Wildman–Crippen LogP) is 2.16. The summed E-state index contributed by atoms with van der Waals surface area (Å²) in [5.41, 5.74) is 2.26. The summed E-state index contributed by atoms with van der Waals surface area (Å²) >= 11 is 0. The first-order valence-electron chi connectivity index (χ1n) is 4.47. The summed E-state index contributed by atoms with van der Waals surface area (Å²) in [6.07, 6.45) is -0.808. The van der Waals surface area contributed by atoms with Crippen LogP contribution in [0, 0.1) is 13.8 Å². The normalized spacial score (nSPS) is 12.2. The number of carboxylic acid groups (broad SMARTS) is 1. The molecule has 0 saturated heterocycles. The quantitative estimate of drug-likeness (QED) is 0.802. The Morgan fingerprint density at radius 3 is 2.50 bits per heavy atom. The zero-order valence-electron chi connectivity index (χ0n) is 8.57. The third-order valence-corrected chi connectivity index (χ3v) is 2.14. The first kappa shape index (κ1) is 10.6. The fourth-order valence-electron chi connectivity index (χ4n) is 1.04. The number of carbonyl (C=O) groups is 1. The maximum absolute atomic E-state index is 10.5. The first-order chi connectivity index (χ1) is 6.50. The molecule has 1 atom stereocenters. The van der Waals surface area contributed by atoms with Gasteiger partial charge in [0.25, 0.3) is 0 Å². The van der Waals surface area contributed by atoms with Crippen LogP contribution in [-0.2, 0) is 4.79 Å². The minimum Gasteiger partial charge on any atom is -0.479 e. The Balaban J connectivity index is 2.78. The minimum absolute atomic E-state index is 0.600. The van der Waals surface area contributed by atoms with Gasteiger partial charge in [0.05, 0.1) is 0 Å². The number of hydrogen-bond donors (Lipinski definition) is 1. The lowest BCUT2D eigenvalue weighted by atomic mass is 10.1. The number of rotatable bonds is 3. The zero-order chi connectivity index (χ0) is 10.7. The average molecular weight is 194 g/mol. The molecule has 3 heteroatoms. The van der Waals surface area contributed by atoms with Crippen LogP contribution in [0.3, 0.4) is 0 Å². The van der Waals surface area contributed by atoms with Crippen molar-refractivity contribution in [1.29, 1.82) is 0 Å². The summed E-state index contributed by atoms with van der Waals surface area (Å²) < 4.78 is 5.21. The first-order valence-corrected chi connectivity index (χ1v) is 4.47. The Morgan fingerprint density at radius 2 is 2.00 bits per heavy atom. The molecule has 0 amide bonds. The molecular weight excluding hydrogens is 180 g/mol. The van der Waals surface area contributed by atoms with E-state index in [1.807, 2.05) is 26.0 Å². The molecule has 14 heavy (non-hydrogen) atoms. The van der Waals surface area contributed by atoms with E-state index in [0.717, 1.165) is 5.56 Å². The highest BCUT2D eigenvalue weighted by molar-refractivity contribution is 5.72. The third kappa shape index (κ3) is 2.49. The summed E-state index contributed by atoms with van der Waals surface area (Å²) in [7, 11) is 0. The predicted molar refractivity (Wildman–Crippen MR) is 53.6 cm³/mol. The molecule has 1 N–H and O–H groups in total. The van der Waals surface area contributed by atoms with Gasteiger partial charge >= 0.3 is 5.97 Å². The molecule has 0 bridgehead atoms. The molecule has 0 unspecified atom stereocenters. The fraction of sp³-hybridized carbons (Fsp3) is 0.364. The molecule has 0 heterocycles. The molecule has 0 aliphatic rings. The molecule has 0 aromatic heterocycles. The molecule has 0 saturated carbocycles. The number of ether oxygens (including phenoxy) is 1. The van der Waals surface area contributed by atoms with Gasteiger partial charge in [0.1, 0.15) is 5.75 Å². The molecule has 0 aliphatic heterocycles. The molecule has 0 spiro atoms. The van der Waals surface area contributed by atoms with Crippen LogP contribution in [0.5, 0.6) is 5.75 Å². The summed E-state index contributed by atoms with van der Waals surface area (Å²) in [6.45, 7) is 5.48. The third-order valence-electron chi connectivity index (χ3n) is 2.14. The van der Waals surface area contributed by atoms with E-state index in [4.69, 9.17) is 9.84 Å². The highest BCUT2D eigenvalue weighted by Gasteiger charge is 2.12. The molecule has 1 aromatic carbocycles. The van der Waals surface area contributed by atoms with Gasteiger partial charge < -0.3 is 9.84 Å². The lowest BCUT2D eigenvalue weighted by molar-refractivity contribution is -0.144. The van der Waals surface area contributed by atoms with Crippen LogP contribution in [0.2, 0.25) is 0 Å². The Morgan fingerprint density at radius 1 is 1.36 bits per heavy atom. The number of hydrogen-bond acceptors (Lipinski definition) is 2. The van der Waals surface area contributed by atoms with Crippen LogP contribution in [0.15, 0.2) is 18.2 Å². The van der Waals surface area contributed by atoms with E-state index in [9.17, 15) is 4.79 Å². The topological polar surface area (TPSA) is 46.5 Å². The lowest BCUT2D eigenvalue weighted by Gasteiger charge is -2.11. The van der Waals surface area contributed by atoms with Crippen molar-refractivity contribution in [2.45, 2.75) is 26.9 Å². The number of carboxylic acids is 1. The van der Waals surface area contributed by atoms with Crippen LogP contribution < -0.4 is 4.74 Å². The number of aliphatic carboxylic acids is 1. The van der Waals surface area contributed by atoms with Crippen LogP contribution in [0.25, 0.3) is 0 Å². The van der Waals surface area contributed by atoms with Gasteiger partial charge in [-0.3, -0.25) is 0 Å². The second kappa shape index (κ2) is 4.13. The van der Waals surface area contributed by atoms with Crippen molar-refractivity contribution in [3.8, 4) is 5.75 Å². The minimum atomic E-state index is -0.955. The van der Waals surface area contributed by atoms with Crippen LogP contribution in [-0.4, -0.2) is 17.2 Å². The van der Waals surface area contributed by atoms with Crippen molar-refractivity contribution < 1.29 is 14.6 Å². The average Bonchev–Trinajstić information content (AvgIpc) is 2.11. The van der Waals surface area contributed by atoms with Crippen LogP contribution >= 0.6 is 0 Å². The van der Waals surface area contributed by atoms with Gasteiger partial charge in [-0.15, -0.1) is 0 Å². The van der Waals surface area contributed by atoms with Crippen LogP contribution in [0.4, 0.5) is 0 Å². The van der Waals surface area contributed by atoms with Crippen molar-refractivity contribution in [3.05, 3.63) is 29.3 Å². The van der Waals surface area contributed by atoms with Gasteiger partial charge in [0, 0.05) is 0 Å². The largest absolute Gasteiger partial charge is 0.479 e. The zero-order valence-corrected chi connectivity index (χ0v) is 8.57. The van der Waals surface area contributed by atoms with E-state index in [0.29, 0.717) is 5.75 Å². The Bertz CT molecular complexity index is 344. The second-order valence-electron chi connectivity index (χ2n) is 3.34. The Hall–Kier alpha value is -1.51. The maximum Gasteiger partial charge on any atom is 0.344 e. The molecule has 1 aromatic rings. The molecule has 0 radical (unpaired) electrons. The van der Waals surface area contributed by atoms with Gasteiger partial charge in [0.15, 0.2) is 6.10 Å². The lowest BCUT2D eigenvalue weighted by Crippen LogP contribution is -2.22. The number of aryl methyl sites for hydroxylation is 2. The van der Waals surface area contributed by atoms with E-state index in [2.05, 4.69) is 0 Å². The molecule has 0 fully saturated rings. The van der Waals surface area contributed by atoms with Crippen molar-refractivity contribution in [3.63, 3.8) is 0 Å². The van der Waals surface area contributed by atoms with E-state index in [1.165, 1.54) is 12.5 Å². The number of benzene rings is 1. The second-order valence-corrected chi connectivity index (χ2v) is 3.34. The molecule has 1 rings (SSSR count). The SMILES string of the molecule is Cc1ccc(O[C@@H](C)C(=O)O)cc1C. The van der Waals surface area contributed by atoms with Crippen LogP contribution in [0.1, 0.15) is 18.1 Å². The standard InChI is InChI=1S/C11H14O3/c1-7-4-5-10(6-8(7)2)14-9(3)11(12)13/h4-6,9H,1-3H3,(H,12,13)/t9-/m0/s1. The van der Waals surface area contributed by atoms with Gasteiger partial charge in [-0.2, -0.15) is 0 Å². The van der Waals surface area contributed by atoms with Gasteiger partial charge in [-0.05, 0) is 44.0 Å². The summed E-state index contributed by atoms with van der Waals surface area (Å²) in [6, 6.07) is 5.54. The van der Waals surface area contributed by atoms with E-state index < -0.39 is 12.1 Å². The Kier molecular flexibility index (Phi) is 3.12. The monoisotopic (exact) mass is 194 g/mol. The molecular formula is C11H14O3. The summed E-state index contributed by atoms with van der Waals surface area (Å²) in [4.78, 5) is 10.5. The summed E-state index contributed by atoms with van der Waals surface area (Å²) in [5.74, 6) is -0.355. The van der Waals surface area contributed by atoms with Crippen molar-refractivity contribution in [1.82, 2.24) is 0 Å². The highest BCUT2D eigenvalue weighted by atomic mass is 16.5. The highest BCUT2D eigenvalue weighted by Crippen LogP contribution is 2.17. The fourth-order valence-corrected chi connectivity index (χ4v) is 1.04. The smallest absolute Gasteiger partial charge is 0.344 e. The Labute approximate surface area is 83.3 Å². The van der Waals surface area contributed by atoms with Gasteiger partial charge in [-0.25, -0.2) is 4.79 Å². The molecule has 3 nitrogen and oxygen atoms in total. The van der Waals surface area contributed by atoms with Gasteiger partial charge in [0.2, 0.25) is 0 Å².